The Bertz CT molecular complexity index is 919. The van der Waals surface area contributed by atoms with Gasteiger partial charge in [-0.2, -0.15) is 0 Å². The number of aromatic nitrogens is 1. The van der Waals surface area contributed by atoms with E-state index in [-0.39, 0.29) is 29.9 Å². The fourth-order valence-corrected chi connectivity index (χ4v) is 3.87. The molecule has 2 aromatic rings. The number of amides is 2. The smallest absolute Gasteiger partial charge is 0.410 e. The summed E-state index contributed by atoms with van der Waals surface area (Å²) in [7, 11) is 0. The van der Waals surface area contributed by atoms with Crippen molar-refractivity contribution in [3.05, 3.63) is 28.6 Å². The highest BCUT2D eigenvalue weighted by atomic mass is 32.1. The quantitative estimate of drug-likeness (QED) is 0.841. The van der Waals surface area contributed by atoms with Crippen molar-refractivity contribution in [2.75, 3.05) is 26.2 Å². The zero-order valence-corrected chi connectivity index (χ0v) is 16.4. The number of benzene rings is 1. The summed E-state index contributed by atoms with van der Waals surface area (Å²) in [6.45, 7) is 6.99. The van der Waals surface area contributed by atoms with Gasteiger partial charge in [0.25, 0.3) is 5.56 Å². The Hall–Kier alpha value is -2.55. The number of carbonyl (C=O) groups excluding carboxylic acids is 2. The highest BCUT2D eigenvalue weighted by Gasteiger charge is 2.28. The normalized spacial score (nSPS) is 15.2. The summed E-state index contributed by atoms with van der Waals surface area (Å²) in [5.74, 6) is -0.0859. The van der Waals surface area contributed by atoms with Crippen LogP contribution in [0.15, 0.2) is 23.0 Å². The molecule has 1 fully saturated rings. The van der Waals surface area contributed by atoms with Gasteiger partial charge in [-0.25, -0.2) is 4.79 Å². The topological polar surface area (TPSA) is 92.1 Å². The maximum Gasteiger partial charge on any atom is 0.410 e. The van der Waals surface area contributed by atoms with Crippen molar-refractivity contribution < 1.29 is 19.4 Å². The Morgan fingerprint density at radius 1 is 1.15 bits per heavy atom. The second kappa shape index (κ2) is 7.22. The van der Waals surface area contributed by atoms with Crippen LogP contribution in [0.3, 0.4) is 0 Å². The number of hydrogen-bond donors (Lipinski definition) is 1. The summed E-state index contributed by atoms with van der Waals surface area (Å²) >= 11 is 1.15. The monoisotopic (exact) mass is 393 g/mol. The zero-order chi connectivity index (χ0) is 19.8. The lowest BCUT2D eigenvalue weighted by Gasteiger charge is -2.35. The second-order valence-corrected chi connectivity index (χ2v) is 8.52. The van der Waals surface area contributed by atoms with Gasteiger partial charge in [-0.15, -0.1) is 0 Å². The maximum atomic E-state index is 12.6. The van der Waals surface area contributed by atoms with Gasteiger partial charge in [-0.1, -0.05) is 11.5 Å². The van der Waals surface area contributed by atoms with E-state index >= 15 is 0 Å². The van der Waals surface area contributed by atoms with Gasteiger partial charge in [-0.05, 0) is 39.0 Å². The molecule has 0 atom stereocenters. The Morgan fingerprint density at radius 3 is 2.41 bits per heavy atom. The number of piperazine rings is 1. The van der Waals surface area contributed by atoms with Gasteiger partial charge in [0.1, 0.15) is 17.9 Å². The molecule has 1 aliphatic rings. The summed E-state index contributed by atoms with van der Waals surface area (Å²) < 4.78 is 7.38. The first-order valence-corrected chi connectivity index (χ1v) is 9.50. The molecular weight excluding hydrogens is 370 g/mol. The SMILES string of the molecule is CC(C)(C)OC(=O)N1CCN(C(=O)Cn2sc3cc(O)ccc3c2=O)CC1. The van der Waals surface area contributed by atoms with E-state index in [9.17, 15) is 19.5 Å². The third-order valence-corrected chi connectivity index (χ3v) is 5.24. The first-order valence-electron chi connectivity index (χ1n) is 8.72. The van der Waals surface area contributed by atoms with E-state index in [4.69, 9.17) is 4.74 Å². The van der Waals surface area contributed by atoms with Crippen molar-refractivity contribution in [1.29, 1.82) is 0 Å². The molecule has 0 bridgehead atoms. The molecule has 0 aliphatic carbocycles. The van der Waals surface area contributed by atoms with E-state index in [0.29, 0.717) is 36.3 Å². The lowest BCUT2D eigenvalue weighted by Crippen LogP contribution is -2.52. The van der Waals surface area contributed by atoms with E-state index in [1.807, 2.05) is 20.8 Å². The van der Waals surface area contributed by atoms with Gasteiger partial charge in [-0.3, -0.25) is 13.5 Å². The highest BCUT2D eigenvalue weighted by molar-refractivity contribution is 7.13. The summed E-state index contributed by atoms with van der Waals surface area (Å²) in [5, 5.41) is 10.0. The molecule has 27 heavy (non-hydrogen) atoms. The summed E-state index contributed by atoms with van der Waals surface area (Å²) in [4.78, 5) is 40.3. The molecule has 2 heterocycles. The summed E-state index contributed by atoms with van der Waals surface area (Å²) in [5.41, 5.74) is -0.795. The van der Waals surface area contributed by atoms with Crippen LogP contribution in [0.5, 0.6) is 5.75 Å². The maximum absolute atomic E-state index is 12.6. The lowest BCUT2D eigenvalue weighted by molar-refractivity contribution is -0.133. The van der Waals surface area contributed by atoms with Gasteiger partial charge < -0.3 is 19.6 Å². The van der Waals surface area contributed by atoms with Crippen molar-refractivity contribution in [1.82, 2.24) is 13.8 Å². The van der Waals surface area contributed by atoms with Crippen molar-refractivity contribution in [3.63, 3.8) is 0 Å². The van der Waals surface area contributed by atoms with Crippen molar-refractivity contribution in [3.8, 4) is 5.75 Å². The summed E-state index contributed by atoms with van der Waals surface area (Å²) in [6, 6.07) is 4.53. The molecule has 1 aliphatic heterocycles. The van der Waals surface area contributed by atoms with Gasteiger partial charge in [0.15, 0.2) is 0 Å². The standard InChI is InChI=1S/C18H23N3O5S/c1-18(2,3)26-17(25)20-8-6-19(7-9-20)15(23)11-21-16(24)13-5-4-12(22)10-14(13)27-21/h4-5,10,22H,6-9,11H2,1-3H3. The van der Waals surface area contributed by atoms with Crippen LogP contribution >= 0.6 is 11.5 Å². The van der Waals surface area contributed by atoms with Crippen LogP contribution in [0.4, 0.5) is 4.79 Å². The van der Waals surface area contributed by atoms with Gasteiger partial charge >= 0.3 is 6.09 Å². The van der Waals surface area contributed by atoms with Crippen LogP contribution in [-0.2, 0) is 16.1 Å². The number of ether oxygens (including phenoxy) is 1. The molecule has 1 saturated heterocycles. The number of rotatable bonds is 2. The first-order chi connectivity index (χ1) is 12.6. The Balaban J connectivity index is 1.61. The van der Waals surface area contributed by atoms with Crippen LogP contribution in [-0.4, -0.2) is 62.6 Å². The average molecular weight is 393 g/mol. The van der Waals surface area contributed by atoms with Gasteiger partial charge in [0.05, 0.1) is 10.1 Å². The van der Waals surface area contributed by atoms with Crippen LogP contribution in [0, 0.1) is 0 Å². The van der Waals surface area contributed by atoms with E-state index < -0.39 is 5.60 Å². The fourth-order valence-electron chi connectivity index (χ4n) is 2.85. The number of phenolic OH excluding ortho intramolecular Hbond substituents is 1. The Labute approximate surface area is 160 Å². The highest BCUT2D eigenvalue weighted by Crippen LogP contribution is 2.22. The predicted molar refractivity (Wildman–Crippen MR) is 102 cm³/mol. The number of carbonyl (C=O) groups is 2. The van der Waals surface area contributed by atoms with Crippen molar-refractivity contribution >= 4 is 33.6 Å². The molecule has 3 rings (SSSR count). The number of nitrogens with zero attached hydrogens (tertiary/aromatic N) is 3. The van der Waals surface area contributed by atoms with Crippen LogP contribution in [0.2, 0.25) is 0 Å². The lowest BCUT2D eigenvalue weighted by atomic mass is 10.2. The molecule has 1 aromatic heterocycles. The van der Waals surface area contributed by atoms with Crippen LogP contribution in [0.1, 0.15) is 20.8 Å². The molecule has 0 spiro atoms. The number of phenols is 1. The summed E-state index contributed by atoms with van der Waals surface area (Å²) in [6.07, 6.45) is -0.380. The first kappa shape index (κ1) is 19.2. The number of fused-ring (bicyclic) bond motifs is 1. The minimum Gasteiger partial charge on any atom is -0.508 e. The van der Waals surface area contributed by atoms with Gasteiger partial charge in [0, 0.05) is 26.2 Å². The molecule has 1 N–H and O–H groups in total. The molecule has 0 unspecified atom stereocenters. The van der Waals surface area contributed by atoms with E-state index in [0.717, 1.165) is 11.5 Å². The zero-order valence-electron chi connectivity index (χ0n) is 15.6. The van der Waals surface area contributed by atoms with E-state index in [2.05, 4.69) is 0 Å². The van der Waals surface area contributed by atoms with Crippen molar-refractivity contribution in [2.45, 2.75) is 32.9 Å². The molecule has 8 nitrogen and oxygen atoms in total. The van der Waals surface area contributed by atoms with Crippen LogP contribution < -0.4 is 5.56 Å². The fraction of sp³-hybridized carbons (Fsp3) is 0.500. The number of hydrogen-bond acceptors (Lipinski definition) is 6. The van der Waals surface area contributed by atoms with E-state index in [1.54, 1.807) is 15.9 Å². The van der Waals surface area contributed by atoms with Crippen LogP contribution in [0.25, 0.3) is 10.1 Å². The Morgan fingerprint density at radius 2 is 1.78 bits per heavy atom. The molecule has 0 radical (unpaired) electrons. The minimum absolute atomic E-state index is 0.0502. The predicted octanol–water partition coefficient (Wildman–Crippen LogP) is 1.85. The number of aromatic hydroxyl groups is 1. The molecule has 2 amide bonds. The third-order valence-electron chi connectivity index (χ3n) is 4.19. The largest absolute Gasteiger partial charge is 0.508 e. The Kier molecular flexibility index (Phi) is 5.14. The molecule has 1 aromatic carbocycles. The molecule has 9 heteroatoms. The molecular formula is C18H23N3O5S. The third kappa shape index (κ3) is 4.41. The van der Waals surface area contributed by atoms with Gasteiger partial charge in [0.2, 0.25) is 5.91 Å². The average Bonchev–Trinajstić information content (AvgIpc) is 2.88. The van der Waals surface area contributed by atoms with E-state index in [1.165, 1.54) is 16.1 Å². The molecule has 0 saturated carbocycles. The van der Waals surface area contributed by atoms with Crippen molar-refractivity contribution in [2.24, 2.45) is 0 Å². The minimum atomic E-state index is -0.555. The second-order valence-electron chi connectivity index (χ2n) is 7.46. The molecule has 146 valence electrons.